The Kier molecular flexibility index (Phi) is 7.78. The predicted molar refractivity (Wildman–Crippen MR) is 161 cm³/mol. The first-order chi connectivity index (χ1) is 19.4. The molecule has 218 valence electrons. The van der Waals surface area contributed by atoms with Crippen molar-refractivity contribution in [2.45, 2.75) is 77.6 Å². The maximum Gasteiger partial charge on any atom is 0.494 e. The van der Waals surface area contributed by atoms with Crippen LogP contribution in [-0.4, -0.2) is 71.3 Å². The number of hydrogen-bond acceptors (Lipinski definition) is 8. The maximum atomic E-state index is 12.5. The molecule has 0 atom stereocenters. The summed E-state index contributed by atoms with van der Waals surface area (Å²) >= 11 is 0. The van der Waals surface area contributed by atoms with Gasteiger partial charge < -0.3 is 23.7 Å². The van der Waals surface area contributed by atoms with Crippen LogP contribution in [0.2, 0.25) is 0 Å². The van der Waals surface area contributed by atoms with Crippen LogP contribution in [0.4, 0.5) is 5.82 Å². The van der Waals surface area contributed by atoms with Crippen LogP contribution in [0.25, 0.3) is 16.9 Å². The monoisotopic (exact) mass is 560 g/mol. The van der Waals surface area contributed by atoms with Gasteiger partial charge in [0, 0.05) is 36.0 Å². The molecule has 0 saturated carbocycles. The Labute approximate surface area is 243 Å². The van der Waals surface area contributed by atoms with Crippen LogP contribution in [0.5, 0.6) is 0 Å². The largest absolute Gasteiger partial charge is 0.494 e. The van der Waals surface area contributed by atoms with E-state index in [2.05, 4.69) is 52.2 Å². The standard InChI is InChI=1S/C31H41BN4O5/c1-9-17-39-31(7)13-15-35(16-14-31)28-24(19-27(37)38-8)21(2)33-26-20-25(34-36(26)28)22-11-10-12-23(18-22)32-40-29(3,4)30(5,6)41-32/h9-12,18,20H,1,13-17,19H2,2-8H3. The van der Waals surface area contributed by atoms with Gasteiger partial charge in [-0.1, -0.05) is 30.3 Å². The van der Waals surface area contributed by atoms with Gasteiger partial charge in [0.15, 0.2) is 5.65 Å². The highest BCUT2D eigenvalue weighted by molar-refractivity contribution is 6.62. The van der Waals surface area contributed by atoms with Crippen molar-refractivity contribution in [2.24, 2.45) is 0 Å². The van der Waals surface area contributed by atoms with Crippen molar-refractivity contribution in [1.82, 2.24) is 14.6 Å². The minimum absolute atomic E-state index is 0.119. The molecular weight excluding hydrogens is 519 g/mol. The summed E-state index contributed by atoms with van der Waals surface area (Å²) in [5.41, 5.74) is 3.90. The van der Waals surface area contributed by atoms with Crippen LogP contribution in [0.3, 0.4) is 0 Å². The van der Waals surface area contributed by atoms with E-state index in [0.717, 1.165) is 65.4 Å². The predicted octanol–water partition coefficient (Wildman–Crippen LogP) is 4.28. The third-order valence-electron chi connectivity index (χ3n) is 8.81. The summed E-state index contributed by atoms with van der Waals surface area (Å²) in [7, 11) is 0.941. The van der Waals surface area contributed by atoms with E-state index in [-0.39, 0.29) is 18.0 Å². The van der Waals surface area contributed by atoms with Crippen LogP contribution in [-0.2, 0) is 30.0 Å². The molecule has 0 amide bonds. The molecule has 2 fully saturated rings. The topological polar surface area (TPSA) is 87.4 Å². The van der Waals surface area contributed by atoms with Gasteiger partial charge in [0.1, 0.15) is 5.82 Å². The Bertz CT molecular complexity index is 1440. The van der Waals surface area contributed by atoms with E-state index in [1.54, 1.807) is 6.08 Å². The van der Waals surface area contributed by atoms with Gasteiger partial charge in [-0.05, 0) is 59.8 Å². The fourth-order valence-electron chi connectivity index (χ4n) is 5.44. The summed E-state index contributed by atoms with van der Waals surface area (Å²) in [5.74, 6) is 0.561. The number of carbonyl (C=O) groups excluding carboxylic acids is 1. The van der Waals surface area contributed by atoms with Gasteiger partial charge >= 0.3 is 13.1 Å². The Balaban J connectivity index is 1.53. The van der Waals surface area contributed by atoms with E-state index in [1.807, 2.05) is 35.7 Å². The lowest BCUT2D eigenvalue weighted by atomic mass is 9.78. The smallest absolute Gasteiger partial charge is 0.469 e. The van der Waals surface area contributed by atoms with Crippen LogP contribution >= 0.6 is 0 Å². The summed E-state index contributed by atoms with van der Waals surface area (Å²) in [6, 6.07) is 10.1. The van der Waals surface area contributed by atoms with E-state index in [4.69, 9.17) is 28.9 Å². The highest BCUT2D eigenvalue weighted by Gasteiger charge is 2.51. The van der Waals surface area contributed by atoms with E-state index in [0.29, 0.717) is 6.61 Å². The number of aromatic nitrogens is 3. The van der Waals surface area contributed by atoms with Crippen molar-refractivity contribution in [3.63, 3.8) is 0 Å². The number of benzene rings is 1. The second-order valence-corrected chi connectivity index (χ2v) is 12.3. The molecule has 4 heterocycles. The number of ether oxygens (including phenoxy) is 2. The number of carbonyl (C=O) groups is 1. The van der Waals surface area contributed by atoms with E-state index in [1.165, 1.54) is 7.11 Å². The molecule has 2 aromatic heterocycles. The Morgan fingerprint density at radius 2 is 1.80 bits per heavy atom. The lowest BCUT2D eigenvalue weighted by molar-refractivity contribution is -0.139. The summed E-state index contributed by atoms with van der Waals surface area (Å²) in [6.07, 6.45) is 3.58. The summed E-state index contributed by atoms with van der Waals surface area (Å²) in [4.78, 5) is 19.6. The molecule has 0 bridgehead atoms. The van der Waals surface area contributed by atoms with Crippen LogP contribution in [0.1, 0.15) is 58.7 Å². The summed E-state index contributed by atoms with van der Waals surface area (Å²) in [5, 5.41) is 5.04. The highest BCUT2D eigenvalue weighted by Crippen LogP contribution is 2.37. The molecule has 41 heavy (non-hydrogen) atoms. The molecule has 2 saturated heterocycles. The van der Waals surface area contributed by atoms with Crippen molar-refractivity contribution in [3.05, 3.63) is 54.2 Å². The van der Waals surface area contributed by atoms with Crippen molar-refractivity contribution >= 4 is 30.0 Å². The fraction of sp³-hybridized carbons (Fsp3) is 0.516. The van der Waals surface area contributed by atoms with Gasteiger partial charge in [-0.25, -0.2) is 4.98 Å². The molecule has 0 unspecified atom stereocenters. The van der Waals surface area contributed by atoms with E-state index in [9.17, 15) is 4.79 Å². The number of anilines is 1. The average molecular weight is 561 g/mol. The molecule has 10 heteroatoms. The molecule has 2 aliphatic rings. The normalized spacial score (nSPS) is 19.5. The number of aryl methyl sites for hydroxylation is 1. The van der Waals surface area contributed by atoms with Crippen LogP contribution in [0, 0.1) is 6.92 Å². The van der Waals surface area contributed by atoms with Crippen LogP contribution < -0.4 is 10.4 Å². The Hall–Kier alpha value is -3.21. The minimum atomic E-state index is -0.467. The first kappa shape index (κ1) is 29.3. The Morgan fingerprint density at radius 3 is 2.44 bits per heavy atom. The molecule has 0 N–H and O–H groups in total. The summed E-state index contributed by atoms with van der Waals surface area (Å²) < 4.78 is 25.6. The third kappa shape index (κ3) is 5.65. The number of rotatable bonds is 8. The van der Waals surface area contributed by atoms with E-state index >= 15 is 0 Å². The van der Waals surface area contributed by atoms with Crippen molar-refractivity contribution in [1.29, 1.82) is 0 Å². The lowest BCUT2D eigenvalue weighted by Crippen LogP contribution is -2.45. The SMILES string of the molecule is C=CCOC1(C)CCN(c2c(CC(=O)OC)c(C)nc3cc(-c4cccc(B5OC(C)(C)C(C)(C)O5)c4)nn23)CC1. The zero-order valence-electron chi connectivity index (χ0n) is 25.3. The lowest BCUT2D eigenvalue weighted by Gasteiger charge is -2.40. The molecule has 1 aromatic carbocycles. The van der Waals surface area contributed by atoms with Crippen LogP contribution in [0.15, 0.2) is 43.0 Å². The molecule has 2 aliphatic heterocycles. The fourth-order valence-corrected chi connectivity index (χ4v) is 5.44. The van der Waals surface area contributed by atoms with Crippen molar-refractivity contribution in [3.8, 4) is 11.3 Å². The van der Waals surface area contributed by atoms with Gasteiger partial charge in [-0.2, -0.15) is 9.61 Å². The first-order valence-corrected chi connectivity index (χ1v) is 14.3. The number of nitrogens with zero attached hydrogens (tertiary/aromatic N) is 4. The van der Waals surface area contributed by atoms with Gasteiger partial charge in [-0.15, -0.1) is 6.58 Å². The van der Waals surface area contributed by atoms with E-state index < -0.39 is 18.3 Å². The van der Waals surface area contributed by atoms with Gasteiger partial charge in [0.25, 0.3) is 0 Å². The Morgan fingerprint density at radius 1 is 1.12 bits per heavy atom. The van der Waals surface area contributed by atoms with Crippen molar-refractivity contribution in [2.75, 3.05) is 31.7 Å². The summed E-state index contributed by atoms with van der Waals surface area (Å²) in [6.45, 7) is 18.1. The number of esters is 1. The second-order valence-electron chi connectivity index (χ2n) is 12.3. The molecule has 3 aromatic rings. The van der Waals surface area contributed by atoms with Crippen molar-refractivity contribution < 1.29 is 23.6 Å². The van der Waals surface area contributed by atoms with Gasteiger partial charge in [-0.3, -0.25) is 4.79 Å². The highest BCUT2D eigenvalue weighted by atomic mass is 16.7. The quantitative estimate of drug-likeness (QED) is 0.229. The minimum Gasteiger partial charge on any atom is -0.469 e. The third-order valence-corrected chi connectivity index (χ3v) is 8.81. The van der Waals surface area contributed by atoms with Gasteiger partial charge in [0.05, 0.1) is 42.6 Å². The number of methoxy groups -OCH3 is 1. The maximum absolute atomic E-state index is 12.5. The molecule has 5 rings (SSSR count). The van der Waals surface area contributed by atoms with Gasteiger partial charge in [0.2, 0.25) is 0 Å². The molecule has 0 spiro atoms. The molecule has 0 radical (unpaired) electrons. The average Bonchev–Trinajstić information content (AvgIpc) is 3.45. The zero-order chi connectivity index (χ0) is 29.6. The number of hydrogen-bond donors (Lipinski definition) is 0. The first-order valence-electron chi connectivity index (χ1n) is 14.3. The molecule has 9 nitrogen and oxygen atoms in total. The number of piperidine rings is 1. The number of fused-ring (bicyclic) bond motifs is 1. The zero-order valence-corrected chi connectivity index (χ0v) is 25.3. The molecular formula is C31H41BN4O5. The molecule has 0 aliphatic carbocycles. The second kappa shape index (κ2) is 10.9.